The molecule has 0 amide bonds. The summed E-state index contributed by atoms with van der Waals surface area (Å²) in [5, 5.41) is 11.8. The number of esters is 1. The number of carbonyl (C=O) groups excluding carboxylic acids is 1. The molecule has 1 saturated carbocycles. The van der Waals surface area contributed by atoms with Gasteiger partial charge in [-0.15, -0.1) is 11.3 Å². The monoisotopic (exact) mass is 444 g/mol. The van der Waals surface area contributed by atoms with Crippen LogP contribution >= 0.6 is 11.3 Å². The van der Waals surface area contributed by atoms with Gasteiger partial charge in [-0.3, -0.25) is 4.79 Å². The van der Waals surface area contributed by atoms with Crippen LogP contribution in [0.15, 0.2) is 21.8 Å². The fourth-order valence-electron chi connectivity index (χ4n) is 4.50. The molecule has 1 unspecified atom stereocenters. The summed E-state index contributed by atoms with van der Waals surface area (Å²) in [6, 6.07) is 1.57. The number of aliphatic hydroxyl groups is 1. The van der Waals surface area contributed by atoms with Gasteiger partial charge in [0.25, 0.3) is 5.56 Å². The first-order valence-corrected chi connectivity index (χ1v) is 11.6. The van der Waals surface area contributed by atoms with E-state index in [1.54, 1.807) is 11.3 Å². The summed E-state index contributed by atoms with van der Waals surface area (Å²) in [4.78, 5) is 28.5. The number of aromatic amines is 1. The second kappa shape index (κ2) is 9.94. The second-order valence-electron chi connectivity index (χ2n) is 8.43. The molecular formula is C24H32N2O4S. The highest BCUT2D eigenvalue weighted by Gasteiger charge is 2.24. The smallest absolute Gasteiger partial charge is 0.338 e. The zero-order chi connectivity index (χ0) is 22.7. The highest BCUT2D eigenvalue weighted by molar-refractivity contribution is 7.11. The maximum Gasteiger partial charge on any atom is 0.338 e. The molecule has 0 aliphatic heterocycles. The minimum absolute atomic E-state index is 0.125. The molecule has 7 heteroatoms. The standard InChI is InChI=1S/C24H32N2O4S/c1-13-11-14(2)26-23(28)21(13)20(25)10-9-18(16-5-7-17(27)8-6-16)22-15(3)19(12-31-22)24(29)30-4/h11-12,17,20,27H,5-10,25H2,1-4H3,(H,26,28). The van der Waals surface area contributed by atoms with Crippen LogP contribution in [0.25, 0.3) is 5.57 Å². The number of thiophene rings is 1. The Balaban J connectivity index is 1.92. The summed E-state index contributed by atoms with van der Waals surface area (Å²) >= 11 is 1.55. The quantitative estimate of drug-likeness (QED) is 0.576. The third kappa shape index (κ3) is 5.17. The number of H-pyrrole nitrogens is 1. The van der Waals surface area contributed by atoms with E-state index in [-0.39, 0.29) is 23.7 Å². The van der Waals surface area contributed by atoms with Crippen molar-refractivity contribution >= 4 is 22.9 Å². The lowest BCUT2D eigenvalue weighted by atomic mass is 9.85. The van der Waals surface area contributed by atoms with Gasteiger partial charge < -0.3 is 20.6 Å². The maximum absolute atomic E-state index is 12.5. The van der Waals surface area contributed by atoms with Crippen molar-refractivity contribution in [2.75, 3.05) is 7.11 Å². The van der Waals surface area contributed by atoms with Crippen molar-refractivity contribution in [2.45, 2.75) is 71.4 Å². The van der Waals surface area contributed by atoms with E-state index in [0.29, 0.717) is 24.0 Å². The van der Waals surface area contributed by atoms with Crippen LogP contribution in [0.3, 0.4) is 0 Å². The number of hydrogen-bond acceptors (Lipinski definition) is 6. The molecular weight excluding hydrogens is 412 g/mol. The molecule has 1 atom stereocenters. The lowest BCUT2D eigenvalue weighted by Crippen LogP contribution is -2.24. The summed E-state index contributed by atoms with van der Waals surface area (Å²) in [6.07, 6.45) is 4.24. The molecule has 2 heterocycles. The highest BCUT2D eigenvalue weighted by atomic mass is 32.1. The van der Waals surface area contributed by atoms with E-state index in [4.69, 9.17) is 10.5 Å². The molecule has 0 radical (unpaired) electrons. The number of aromatic nitrogens is 1. The van der Waals surface area contributed by atoms with E-state index in [2.05, 4.69) is 4.98 Å². The number of allylic oxidation sites excluding steroid dienone is 2. The first kappa shape index (κ1) is 23.4. The van der Waals surface area contributed by atoms with Gasteiger partial charge in [0.05, 0.1) is 18.8 Å². The van der Waals surface area contributed by atoms with Crippen molar-refractivity contribution in [1.82, 2.24) is 4.98 Å². The fourth-order valence-corrected chi connectivity index (χ4v) is 5.68. The van der Waals surface area contributed by atoms with Crippen LogP contribution in [0.5, 0.6) is 0 Å². The van der Waals surface area contributed by atoms with Crippen LogP contribution in [0.2, 0.25) is 0 Å². The van der Waals surface area contributed by atoms with Crippen LogP contribution in [0.1, 0.15) is 82.2 Å². The predicted molar refractivity (Wildman–Crippen MR) is 124 cm³/mol. The lowest BCUT2D eigenvalue weighted by molar-refractivity contribution is 0.0600. The number of hydrogen-bond donors (Lipinski definition) is 3. The maximum atomic E-state index is 12.5. The largest absolute Gasteiger partial charge is 0.465 e. The number of pyridine rings is 1. The average Bonchev–Trinajstić information content (AvgIpc) is 3.09. The fraction of sp³-hybridized carbons (Fsp3) is 0.500. The van der Waals surface area contributed by atoms with Gasteiger partial charge in [0.15, 0.2) is 0 Å². The topological polar surface area (TPSA) is 105 Å². The minimum atomic E-state index is -0.380. The molecule has 1 aliphatic carbocycles. The number of nitrogens with two attached hydrogens (primary N) is 1. The van der Waals surface area contributed by atoms with Crippen molar-refractivity contribution in [3.8, 4) is 0 Å². The van der Waals surface area contributed by atoms with Gasteiger partial charge >= 0.3 is 5.97 Å². The van der Waals surface area contributed by atoms with Crippen LogP contribution in [-0.2, 0) is 4.74 Å². The normalized spacial score (nSPS) is 17.5. The number of rotatable bonds is 6. The van der Waals surface area contributed by atoms with Gasteiger partial charge in [0, 0.05) is 27.6 Å². The van der Waals surface area contributed by atoms with Crippen molar-refractivity contribution < 1.29 is 14.6 Å². The number of ether oxygens (including phenoxy) is 1. The molecule has 0 bridgehead atoms. The Morgan fingerprint density at radius 1 is 1.32 bits per heavy atom. The Labute approximate surface area is 187 Å². The molecule has 4 N–H and O–H groups in total. The Morgan fingerprint density at radius 2 is 2.00 bits per heavy atom. The number of aliphatic hydroxyl groups excluding tert-OH is 1. The van der Waals surface area contributed by atoms with Crippen LogP contribution in [0, 0.1) is 20.8 Å². The number of nitrogens with one attached hydrogen (secondary N) is 1. The molecule has 0 aromatic carbocycles. The van der Waals surface area contributed by atoms with E-state index >= 15 is 0 Å². The zero-order valence-electron chi connectivity index (χ0n) is 18.7. The van der Waals surface area contributed by atoms with E-state index in [0.717, 1.165) is 47.4 Å². The Bertz CT molecular complexity index is 1040. The third-order valence-corrected chi connectivity index (χ3v) is 7.34. The molecule has 168 valence electrons. The second-order valence-corrected chi connectivity index (χ2v) is 9.31. The molecule has 2 aromatic heterocycles. The number of aryl methyl sites for hydroxylation is 2. The molecule has 3 rings (SSSR count). The van der Waals surface area contributed by atoms with Gasteiger partial charge in [0.1, 0.15) is 0 Å². The van der Waals surface area contributed by atoms with Crippen molar-refractivity contribution in [3.05, 3.63) is 60.2 Å². The molecule has 6 nitrogen and oxygen atoms in total. The van der Waals surface area contributed by atoms with E-state index in [9.17, 15) is 14.7 Å². The zero-order valence-corrected chi connectivity index (χ0v) is 19.5. The Kier molecular flexibility index (Phi) is 7.51. The minimum Gasteiger partial charge on any atom is -0.465 e. The van der Waals surface area contributed by atoms with Gasteiger partial charge in [0.2, 0.25) is 0 Å². The number of carbonyl (C=O) groups is 1. The summed E-state index contributed by atoms with van der Waals surface area (Å²) < 4.78 is 4.92. The van der Waals surface area contributed by atoms with Crippen molar-refractivity contribution in [1.29, 1.82) is 0 Å². The summed E-state index contributed by atoms with van der Waals surface area (Å²) in [5.74, 6) is -0.332. The molecule has 0 spiro atoms. The third-order valence-electron chi connectivity index (χ3n) is 6.19. The van der Waals surface area contributed by atoms with Gasteiger partial charge in [-0.05, 0) is 82.1 Å². The molecule has 31 heavy (non-hydrogen) atoms. The summed E-state index contributed by atoms with van der Waals surface area (Å²) in [7, 11) is 1.39. The molecule has 0 saturated heterocycles. The first-order chi connectivity index (χ1) is 14.7. The van der Waals surface area contributed by atoms with E-state index < -0.39 is 0 Å². The Morgan fingerprint density at radius 3 is 2.61 bits per heavy atom. The lowest BCUT2D eigenvalue weighted by Gasteiger charge is -2.24. The SMILES string of the molecule is COC(=O)c1csc(C(CCC(N)c2c(C)cc(C)[nH]c2=O)=C2CCC(O)CC2)c1C. The number of methoxy groups -OCH3 is 1. The van der Waals surface area contributed by atoms with E-state index in [1.807, 2.05) is 32.2 Å². The highest BCUT2D eigenvalue weighted by Crippen LogP contribution is 2.39. The molecule has 2 aromatic rings. The Hall–Kier alpha value is -2.22. The van der Waals surface area contributed by atoms with Crippen LogP contribution in [0.4, 0.5) is 0 Å². The first-order valence-electron chi connectivity index (χ1n) is 10.7. The molecule has 1 fully saturated rings. The van der Waals surface area contributed by atoms with Crippen LogP contribution in [-0.4, -0.2) is 29.3 Å². The molecule has 1 aliphatic rings. The van der Waals surface area contributed by atoms with Crippen molar-refractivity contribution in [3.63, 3.8) is 0 Å². The van der Waals surface area contributed by atoms with Crippen molar-refractivity contribution in [2.24, 2.45) is 5.73 Å². The van der Waals surface area contributed by atoms with Gasteiger partial charge in [-0.25, -0.2) is 4.79 Å². The van der Waals surface area contributed by atoms with E-state index in [1.165, 1.54) is 18.3 Å². The summed E-state index contributed by atoms with van der Waals surface area (Å²) in [5.41, 5.74) is 12.7. The van der Waals surface area contributed by atoms with Gasteiger partial charge in [-0.1, -0.05) is 5.57 Å². The summed E-state index contributed by atoms with van der Waals surface area (Å²) in [6.45, 7) is 5.73. The average molecular weight is 445 g/mol. The van der Waals surface area contributed by atoms with Crippen LogP contribution < -0.4 is 11.3 Å². The predicted octanol–water partition coefficient (Wildman–Crippen LogP) is 4.32. The van der Waals surface area contributed by atoms with Gasteiger partial charge in [-0.2, -0.15) is 0 Å².